The Kier molecular flexibility index (Phi) is 11.7. The van der Waals surface area contributed by atoms with Gasteiger partial charge in [0.2, 0.25) is 17.7 Å². The van der Waals surface area contributed by atoms with Crippen molar-refractivity contribution in [3.05, 3.63) is 120 Å². The molecule has 3 aromatic heterocycles. The van der Waals surface area contributed by atoms with Crippen molar-refractivity contribution in [2.24, 2.45) is 0 Å². The molecule has 9 heterocycles. The number of aromatic nitrogens is 4. The van der Waals surface area contributed by atoms with E-state index in [1.807, 2.05) is 40.4 Å². The highest BCUT2D eigenvalue weighted by Crippen LogP contribution is 2.37. The van der Waals surface area contributed by atoms with Crippen molar-refractivity contribution in [2.75, 3.05) is 72.4 Å². The molecule has 0 saturated carbocycles. The number of hydrogen-bond donors (Lipinski definition) is 3. The van der Waals surface area contributed by atoms with Crippen molar-refractivity contribution >= 4 is 46.1 Å². The molecule has 69 heavy (non-hydrogen) atoms. The highest BCUT2D eigenvalue weighted by atomic mass is 19.1. The van der Waals surface area contributed by atoms with Crippen LogP contribution in [-0.4, -0.2) is 128 Å². The number of halogens is 1. The molecule has 2 bridgehead atoms. The number of hydrogen-bond acceptors (Lipinski definition) is 13. The molecule has 3 atom stereocenters. The standard InChI is InChI=1S/C52H53FN12O4/c53-42-24-38(57-43-12-15-47(66)59-51(43)68)9-13-45(42)61-18-16-52(69,17-19-61)26-48(67)62-22-20-60(21-23-62)39-10-6-35(7-11-39)44-33-65-50(37(27-54)29-56-65)49(58-44)36-8-14-46(55-28-36)63-31-40-25-41(32-63)64(40)30-34-4-2-1-3-5-34/h1-11,13-14,24,28-29,33,40-41,43,57,69H,12,15-23,25-26,30-32H2,(H,59,66,68). The molecule has 12 rings (SSSR count). The van der Waals surface area contributed by atoms with Crippen LogP contribution < -0.4 is 25.3 Å². The van der Waals surface area contributed by atoms with Gasteiger partial charge in [-0.25, -0.2) is 18.9 Å². The van der Waals surface area contributed by atoms with Gasteiger partial charge in [0, 0.05) is 106 Å². The molecular weight excluding hydrogens is 876 g/mol. The van der Waals surface area contributed by atoms with Gasteiger partial charge in [-0.05, 0) is 73.7 Å². The second kappa shape index (κ2) is 18.2. The lowest BCUT2D eigenvalue weighted by molar-refractivity contribution is -0.138. The summed E-state index contributed by atoms with van der Waals surface area (Å²) in [7, 11) is 0. The minimum absolute atomic E-state index is 0.00615. The number of fused-ring (bicyclic) bond motifs is 3. The van der Waals surface area contributed by atoms with Gasteiger partial charge in [0.1, 0.15) is 34.8 Å². The maximum absolute atomic E-state index is 15.3. The lowest BCUT2D eigenvalue weighted by atomic mass is 9.86. The van der Waals surface area contributed by atoms with Crippen LogP contribution in [0.3, 0.4) is 0 Å². The van der Waals surface area contributed by atoms with Crippen molar-refractivity contribution in [3.63, 3.8) is 0 Å². The zero-order chi connectivity index (χ0) is 47.2. The number of carbonyl (C=O) groups is 3. The molecule has 352 valence electrons. The second-order valence-electron chi connectivity index (χ2n) is 19.1. The first kappa shape index (κ1) is 44.1. The number of imide groups is 1. The topological polar surface area (TPSA) is 179 Å². The van der Waals surface area contributed by atoms with Crippen molar-refractivity contribution in [1.82, 2.24) is 34.7 Å². The molecule has 6 fully saturated rings. The molecule has 6 aromatic rings. The largest absolute Gasteiger partial charge is 0.389 e. The number of benzene rings is 3. The summed E-state index contributed by atoms with van der Waals surface area (Å²) in [5, 5.41) is 31.4. The fourth-order valence-electron chi connectivity index (χ4n) is 10.8. The van der Waals surface area contributed by atoms with E-state index in [1.54, 1.807) is 22.8 Å². The molecule has 6 aliphatic heterocycles. The van der Waals surface area contributed by atoms with Crippen molar-refractivity contribution in [2.45, 2.75) is 68.8 Å². The average Bonchev–Trinajstić information content (AvgIpc) is 3.80. The van der Waals surface area contributed by atoms with Gasteiger partial charge in [-0.15, -0.1) is 0 Å². The summed E-state index contributed by atoms with van der Waals surface area (Å²) in [5.41, 5.74) is 6.13. The van der Waals surface area contributed by atoms with Crippen LogP contribution in [-0.2, 0) is 20.9 Å². The third-order valence-corrected chi connectivity index (χ3v) is 14.7. The Balaban J connectivity index is 0.689. The van der Waals surface area contributed by atoms with Crippen molar-refractivity contribution < 1.29 is 23.9 Å². The Labute approximate surface area is 399 Å². The first-order valence-electron chi connectivity index (χ1n) is 23.9. The van der Waals surface area contributed by atoms with Crippen LogP contribution in [0.5, 0.6) is 0 Å². The van der Waals surface area contributed by atoms with Crippen LogP contribution >= 0.6 is 0 Å². The Morgan fingerprint density at radius 3 is 2.33 bits per heavy atom. The quantitative estimate of drug-likeness (QED) is 0.144. The van der Waals surface area contributed by atoms with E-state index in [0.717, 1.165) is 42.3 Å². The van der Waals surface area contributed by atoms with Gasteiger partial charge in [-0.3, -0.25) is 24.6 Å². The first-order chi connectivity index (χ1) is 33.6. The SMILES string of the molecule is N#Cc1cnn2cc(-c3ccc(N4CCN(C(=O)CC5(O)CCN(c6ccc(NC7CCC(=O)NC7=O)cc6F)CC5)CC4)cc3)nc(-c3ccc(N4CC5CC(C4)N5Cc4ccccc4)nc3)c12. The zero-order valence-electron chi connectivity index (χ0n) is 38.2. The summed E-state index contributed by atoms with van der Waals surface area (Å²) in [6, 6.07) is 30.3. The Hall–Kier alpha value is -7.42. The lowest BCUT2D eigenvalue weighted by Gasteiger charge is -2.56. The van der Waals surface area contributed by atoms with Crippen LogP contribution in [0.25, 0.3) is 28.0 Å². The van der Waals surface area contributed by atoms with Crippen LogP contribution in [0.1, 0.15) is 49.7 Å². The highest BCUT2D eigenvalue weighted by molar-refractivity contribution is 6.01. The second-order valence-corrected chi connectivity index (χ2v) is 19.1. The molecule has 6 saturated heterocycles. The molecule has 0 aliphatic carbocycles. The van der Waals surface area contributed by atoms with Gasteiger partial charge in [0.15, 0.2) is 0 Å². The zero-order valence-corrected chi connectivity index (χ0v) is 38.2. The van der Waals surface area contributed by atoms with Crippen LogP contribution in [0.4, 0.5) is 27.3 Å². The smallest absolute Gasteiger partial charge is 0.249 e. The maximum atomic E-state index is 15.3. The maximum Gasteiger partial charge on any atom is 0.249 e. The van der Waals surface area contributed by atoms with Crippen molar-refractivity contribution in [3.8, 4) is 28.6 Å². The lowest BCUT2D eigenvalue weighted by Crippen LogP contribution is -2.68. The summed E-state index contributed by atoms with van der Waals surface area (Å²) in [4.78, 5) is 58.1. The number of piperazine rings is 2. The predicted octanol–water partition coefficient (Wildman–Crippen LogP) is 5.22. The van der Waals surface area contributed by atoms with E-state index in [1.165, 1.54) is 18.1 Å². The Bertz CT molecular complexity index is 2930. The van der Waals surface area contributed by atoms with Gasteiger partial charge in [0.05, 0.1) is 41.5 Å². The fraction of sp³-hybridized carbons (Fsp3) is 0.365. The molecule has 6 aliphatic rings. The summed E-state index contributed by atoms with van der Waals surface area (Å²) in [6.07, 6.45) is 7.69. The monoisotopic (exact) mass is 928 g/mol. The van der Waals surface area contributed by atoms with E-state index < -0.39 is 23.4 Å². The molecule has 3 unspecified atom stereocenters. The molecule has 16 nitrogen and oxygen atoms in total. The number of piperidine rings is 3. The first-order valence-corrected chi connectivity index (χ1v) is 23.9. The van der Waals surface area contributed by atoms with Crippen LogP contribution in [0.15, 0.2) is 104 Å². The van der Waals surface area contributed by atoms with Gasteiger partial charge in [0.25, 0.3) is 0 Å². The van der Waals surface area contributed by atoms with E-state index in [0.29, 0.717) is 104 Å². The van der Waals surface area contributed by atoms with Crippen molar-refractivity contribution in [1.29, 1.82) is 5.26 Å². The minimum Gasteiger partial charge on any atom is -0.389 e. The molecular formula is C52H53FN12O4. The molecule has 17 heteroatoms. The summed E-state index contributed by atoms with van der Waals surface area (Å²) in [6.45, 7) is 5.93. The van der Waals surface area contributed by atoms with Crippen LogP contribution in [0, 0.1) is 17.1 Å². The van der Waals surface area contributed by atoms with E-state index >= 15 is 4.39 Å². The number of nitriles is 1. The number of anilines is 4. The van der Waals surface area contributed by atoms with Crippen LogP contribution in [0.2, 0.25) is 0 Å². The van der Waals surface area contributed by atoms with E-state index in [-0.39, 0.29) is 24.7 Å². The average molecular weight is 929 g/mol. The molecule has 0 spiro atoms. The van der Waals surface area contributed by atoms with Gasteiger partial charge in [-0.1, -0.05) is 42.5 Å². The Morgan fingerprint density at radius 2 is 1.64 bits per heavy atom. The number of nitrogens with one attached hydrogen (secondary N) is 2. The minimum atomic E-state index is -1.19. The summed E-state index contributed by atoms with van der Waals surface area (Å²) >= 11 is 0. The highest BCUT2D eigenvalue weighted by Gasteiger charge is 2.45. The number of amides is 3. The summed E-state index contributed by atoms with van der Waals surface area (Å²) in [5.74, 6) is -0.348. The molecule has 3 amide bonds. The number of pyridine rings is 1. The molecule has 3 aromatic carbocycles. The molecule has 3 N–H and O–H groups in total. The van der Waals surface area contributed by atoms with Gasteiger partial charge in [-0.2, -0.15) is 10.4 Å². The molecule has 0 radical (unpaired) electrons. The predicted molar refractivity (Wildman–Crippen MR) is 259 cm³/mol. The Morgan fingerprint density at radius 1 is 0.884 bits per heavy atom. The number of carbonyl (C=O) groups excluding carboxylic acids is 3. The third-order valence-electron chi connectivity index (χ3n) is 14.7. The normalized spacial score (nSPS) is 21.4. The van der Waals surface area contributed by atoms with Gasteiger partial charge < -0.3 is 30.0 Å². The summed E-state index contributed by atoms with van der Waals surface area (Å²) < 4.78 is 17.0. The van der Waals surface area contributed by atoms with E-state index in [4.69, 9.17) is 9.97 Å². The fourth-order valence-corrected chi connectivity index (χ4v) is 10.8. The van der Waals surface area contributed by atoms with E-state index in [9.17, 15) is 24.8 Å². The third kappa shape index (κ3) is 8.93. The number of aliphatic hydroxyl groups is 1. The number of nitrogens with zero attached hydrogens (tertiary/aromatic N) is 10. The van der Waals surface area contributed by atoms with E-state index in [2.05, 4.69) is 85.0 Å². The number of rotatable bonds is 11. The van der Waals surface area contributed by atoms with Gasteiger partial charge >= 0.3 is 0 Å².